The van der Waals surface area contributed by atoms with Crippen molar-refractivity contribution in [2.75, 3.05) is 27.4 Å². The van der Waals surface area contributed by atoms with Crippen molar-refractivity contribution in [2.45, 2.75) is 12.8 Å². The summed E-state index contributed by atoms with van der Waals surface area (Å²) in [5.41, 5.74) is 1.29. The lowest BCUT2D eigenvalue weighted by atomic mass is 10.1. The van der Waals surface area contributed by atoms with Gasteiger partial charge in [0, 0.05) is 25.0 Å². The van der Waals surface area contributed by atoms with Gasteiger partial charge < -0.3 is 18.9 Å². The molecule has 142 valence electrons. The molecule has 27 heavy (non-hydrogen) atoms. The van der Waals surface area contributed by atoms with E-state index in [0.717, 1.165) is 4.47 Å². The number of carbonyl (C=O) groups excluding carboxylic acids is 2. The Kier molecular flexibility index (Phi) is 6.01. The van der Waals surface area contributed by atoms with Crippen LogP contribution in [0, 0.1) is 0 Å². The molecule has 0 unspecified atom stereocenters. The topological polar surface area (TPSA) is 71.1 Å². The highest BCUT2D eigenvalue weighted by Crippen LogP contribution is 2.35. The van der Waals surface area contributed by atoms with E-state index >= 15 is 0 Å². The third-order valence-corrected chi connectivity index (χ3v) is 4.84. The fourth-order valence-electron chi connectivity index (χ4n) is 2.78. The summed E-state index contributed by atoms with van der Waals surface area (Å²) in [4.78, 5) is 22.9. The largest absolute Gasteiger partial charge is 0.497 e. The van der Waals surface area contributed by atoms with Crippen molar-refractivity contribution >= 4 is 27.5 Å². The smallest absolute Gasteiger partial charge is 0.170 e. The minimum Gasteiger partial charge on any atom is -0.497 e. The second-order valence-corrected chi connectivity index (χ2v) is 6.74. The number of carbonyl (C=O) groups is 2. The summed E-state index contributed by atoms with van der Waals surface area (Å²) in [5.74, 6) is 2.90. The molecule has 0 spiro atoms. The van der Waals surface area contributed by atoms with Crippen LogP contribution in [0.2, 0.25) is 0 Å². The molecule has 0 N–H and O–H groups in total. The van der Waals surface area contributed by atoms with Crippen LogP contribution in [-0.2, 0) is 0 Å². The Labute approximate surface area is 165 Å². The molecule has 0 amide bonds. The molecule has 7 heteroatoms. The van der Waals surface area contributed by atoms with E-state index in [0.29, 0.717) is 60.2 Å². The van der Waals surface area contributed by atoms with Crippen LogP contribution in [0.1, 0.15) is 33.6 Å². The van der Waals surface area contributed by atoms with Crippen LogP contribution in [0.15, 0.2) is 34.8 Å². The molecule has 6 nitrogen and oxygen atoms in total. The van der Waals surface area contributed by atoms with E-state index in [1.165, 1.54) is 0 Å². The van der Waals surface area contributed by atoms with Gasteiger partial charge >= 0.3 is 0 Å². The summed E-state index contributed by atoms with van der Waals surface area (Å²) in [6, 6.07) is 8.74. The Morgan fingerprint density at radius 2 is 1.48 bits per heavy atom. The van der Waals surface area contributed by atoms with Gasteiger partial charge in [0.1, 0.15) is 23.0 Å². The van der Waals surface area contributed by atoms with E-state index in [2.05, 4.69) is 15.9 Å². The molecule has 0 saturated heterocycles. The highest BCUT2D eigenvalue weighted by Gasteiger charge is 2.20. The number of ketones is 2. The summed E-state index contributed by atoms with van der Waals surface area (Å²) < 4.78 is 21.6. The highest BCUT2D eigenvalue weighted by molar-refractivity contribution is 9.10. The normalized spacial score (nSPS) is 14.6. The molecule has 2 aliphatic rings. The fraction of sp³-hybridized carbons (Fsp3) is 0.300. The van der Waals surface area contributed by atoms with Crippen LogP contribution in [-0.4, -0.2) is 39.0 Å². The molecular formula is C20H19BrO6. The molecular weight excluding hydrogens is 416 g/mol. The van der Waals surface area contributed by atoms with Gasteiger partial charge in [-0.1, -0.05) is 0 Å². The van der Waals surface area contributed by atoms with Gasteiger partial charge in [-0.2, -0.15) is 0 Å². The maximum atomic E-state index is 11.5. The summed E-state index contributed by atoms with van der Waals surface area (Å²) in [7, 11) is 3.17. The zero-order valence-electron chi connectivity index (χ0n) is 15.0. The molecule has 2 aromatic carbocycles. The van der Waals surface area contributed by atoms with Crippen LogP contribution in [0.25, 0.3) is 0 Å². The van der Waals surface area contributed by atoms with Gasteiger partial charge in [0.2, 0.25) is 0 Å². The zero-order chi connectivity index (χ0) is 19.4. The Morgan fingerprint density at radius 3 is 2.11 bits per heavy atom. The first-order chi connectivity index (χ1) is 13.0. The number of benzene rings is 2. The molecule has 2 heterocycles. The molecule has 0 radical (unpaired) electrons. The van der Waals surface area contributed by atoms with Gasteiger partial charge in [0.05, 0.1) is 43.0 Å². The van der Waals surface area contributed by atoms with Gasteiger partial charge in [-0.15, -0.1) is 0 Å². The molecule has 4 rings (SSSR count). The third kappa shape index (κ3) is 4.24. The number of halogens is 1. The van der Waals surface area contributed by atoms with E-state index in [1.807, 2.05) is 0 Å². The first-order valence-electron chi connectivity index (χ1n) is 8.41. The lowest BCUT2D eigenvalue weighted by Crippen LogP contribution is -2.15. The number of fused-ring (bicyclic) bond motifs is 2. The first-order valence-corrected chi connectivity index (χ1v) is 9.20. The number of methoxy groups -OCH3 is 2. The van der Waals surface area contributed by atoms with Gasteiger partial charge in [-0.05, 0) is 34.1 Å². The Hall–Kier alpha value is -2.54. The Morgan fingerprint density at radius 1 is 0.852 bits per heavy atom. The number of hydrogen-bond acceptors (Lipinski definition) is 6. The maximum absolute atomic E-state index is 11.5. The summed E-state index contributed by atoms with van der Waals surface area (Å²) in [5, 5.41) is 0. The van der Waals surface area contributed by atoms with Crippen LogP contribution < -0.4 is 18.9 Å². The second-order valence-electron chi connectivity index (χ2n) is 5.89. The molecule has 0 aromatic heterocycles. The van der Waals surface area contributed by atoms with Gasteiger partial charge in [-0.3, -0.25) is 9.59 Å². The average molecular weight is 435 g/mol. The molecule has 0 bridgehead atoms. The zero-order valence-corrected chi connectivity index (χ0v) is 16.6. The van der Waals surface area contributed by atoms with Gasteiger partial charge in [0.25, 0.3) is 0 Å². The summed E-state index contributed by atoms with van der Waals surface area (Å²) >= 11 is 3.33. The first kappa shape index (κ1) is 19.2. The van der Waals surface area contributed by atoms with E-state index in [9.17, 15) is 9.59 Å². The minimum atomic E-state index is 0.120. The SMILES string of the molecule is COc1cc2c(cc1Br)C(=O)CCO2.COc1ccc2c(c1)OCCC2=O. The molecule has 0 atom stereocenters. The Bertz CT molecular complexity index is 877. The fourth-order valence-corrected chi connectivity index (χ4v) is 3.29. The minimum absolute atomic E-state index is 0.120. The second kappa shape index (κ2) is 8.43. The summed E-state index contributed by atoms with van der Waals surface area (Å²) in [6.07, 6.45) is 0.922. The van der Waals surface area contributed by atoms with E-state index in [1.54, 1.807) is 44.6 Å². The van der Waals surface area contributed by atoms with E-state index < -0.39 is 0 Å². The molecule has 0 aliphatic carbocycles. The summed E-state index contributed by atoms with van der Waals surface area (Å²) in [6.45, 7) is 0.926. The van der Waals surface area contributed by atoms with Crippen molar-refractivity contribution < 1.29 is 28.5 Å². The average Bonchev–Trinajstić information content (AvgIpc) is 2.68. The van der Waals surface area contributed by atoms with Crippen molar-refractivity contribution in [3.63, 3.8) is 0 Å². The van der Waals surface area contributed by atoms with Crippen molar-refractivity contribution in [1.29, 1.82) is 0 Å². The lowest BCUT2D eigenvalue weighted by Gasteiger charge is -2.17. The Balaban J connectivity index is 0.000000156. The number of hydrogen-bond donors (Lipinski definition) is 0. The van der Waals surface area contributed by atoms with Gasteiger partial charge in [-0.25, -0.2) is 0 Å². The third-order valence-electron chi connectivity index (χ3n) is 4.22. The quantitative estimate of drug-likeness (QED) is 0.708. The highest BCUT2D eigenvalue weighted by atomic mass is 79.9. The predicted molar refractivity (Wildman–Crippen MR) is 103 cm³/mol. The molecule has 2 aliphatic heterocycles. The molecule has 0 saturated carbocycles. The van der Waals surface area contributed by atoms with Crippen molar-refractivity contribution in [3.05, 3.63) is 45.9 Å². The van der Waals surface area contributed by atoms with Crippen molar-refractivity contribution in [1.82, 2.24) is 0 Å². The standard InChI is InChI=1S/C10H9BrO3.C10H10O3/c1-13-10-5-9-6(4-7(10)11)8(12)2-3-14-9;1-12-7-2-3-8-9(11)4-5-13-10(8)6-7/h4-5H,2-3H2,1H3;2-3,6H,4-5H2,1H3. The number of Topliss-reactive ketones (excluding diaryl/α,β-unsaturated/α-hetero) is 2. The van der Waals surface area contributed by atoms with E-state index in [-0.39, 0.29) is 11.6 Å². The van der Waals surface area contributed by atoms with Gasteiger partial charge in [0.15, 0.2) is 11.6 Å². The molecule has 2 aromatic rings. The number of rotatable bonds is 2. The van der Waals surface area contributed by atoms with Crippen molar-refractivity contribution in [2.24, 2.45) is 0 Å². The monoisotopic (exact) mass is 434 g/mol. The van der Waals surface area contributed by atoms with Crippen LogP contribution >= 0.6 is 15.9 Å². The number of ether oxygens (including phenoxy) is 4. The van der Waals surface area contributed by atoms with Crippen LogP contribution in [0.5, 0.6) is 23.0 Å². The van der Waals surface area contributed by atoms with Crippen molar-refractivity contribution in [3.8, 4) is 23.0 Å². The van der Waals surface area contributed by atoms with Crippen LogP contribution in [0.3, 0.4) is 0 Å². The maximum Gasteiger partial charge on any atom is 0.170 e. The lowest BCUT2D eigenvalue weighted by molar-refractivity contribution is 0.0924. The van der Waals surface area contributed by atoms with Crippen LogP contribution in [0.4, 0.5) is 0 Å². The predicted octanol–water partition coefficient (Wildman–Crippen LogP) is 4.08. The van der Waals surface area contributed by atoms with E-state index in [4.69, 9.17) is 18.9 Å². The molecule has 0 fully saturated rings.